The van der Waals surface area contributed by atoms with Crippen LogP contribution in [0, 0.1) is 6.92 Å². The number of fused-ring (bicyclic) bond motifs is 1. The van der Waals surface area contributed by atoms with Crippen LogP contribution >= 0.6 is 0 Å². The van der Waals surface area contributed by atoms with E-state index in [1.165, 1.54) is 0 Å². The third-order valence-electron chi connectivity index (χ3n) is 6.63. The maximum atomic E-state index is 13.6. The number of carbonyl (C=O) groups excluding carboxylic acids is 2. The molecule has 1 fully saturated rings. The number of hydrogen-bond acceptors (Lipinski definition) is 3. The average molecular weight is 467 g/mol. The molecule has 0 radical (unpaired) electrons. The Labute approximate surface area is 205 Å². The molecule has 1 unspecified atom stereocenters. The van der Waals surface area contributed by atoms with Crippen molar-refractivity contribution in [3.8, 4) is 0 Å². The first-order valence-corrected chi connectivity index (χ1v) is 12.1. The van der Waals surface area contributed by atoms with Crippen molar-refractivity contribution in [1.82, 2.24) is 9.55 Å². The van der Waals surface area contributed by atoms with Gasteiger partial charge in [-0.25, -0.2) is 4.98 Å². The van der Waals surface area contributed by atoms with E-state index in [4.69, 9.17) is 4.98 Å². The normalized spacial score (nSPS) is 15.8. The number of aromatic nitrogens is 2. The lowest BCUT2D eigenvalue weighted by Gasteiger charge is -2.27. The van der Waals surface area contributed by atoms with E-state index < -0.39 is 0 Å². The highest BCUT2D eigenvalue weighted by atomic mass is 16.2. The largest absolute Gasteiger partial charge is 0.318 e. The van der Waals surface area contributed by atoms with E-state index in [2.05, 4.69) is 0 Å². The van der Waals surface area contributed by atoms with Gasteiger partial charge in [-0.05, 0) is 57.2 Å². The molecule has 6 heteroatoms. The van der Waals surface area contributed by atoms with Gasteiger partial charge in [0.1, 0.15) is 12.4 Å². The van der Waals surface area contributed by atoms with Gasteiger partial charge in [0, 0.05) is 36.3 Å². The topological polar surface area (TPSA) is 58.4 Å². The molecule has 2 amide bonds. The summed E-state index contributed by atoms with van der Waals surface area (Å²) in [6.07, 6.45) is 0.373. The van der Waals surface area contributed by atoms with Gasteiger partial charge in [0.2, 0.25) is 11.8 Å². The molecule has 178 valence electrons. The van der Waals surface area contributed by atoms with E-state index in [0.717, 1.165) is 33.8 Å². The summed E-state index contributed by atoms with van der Waals surface area (Å²) in [4.78, 5) is 35.2. The fourth-order valence-corrected chi connectivity index (χ4v) is 4.96. The molecule has 1 saturated heterocycles. The molecule has 0 saturated carbocycles. The molecule has 4 aromatic rings. The minimum absolute atomic E-state index is 0.00434. The van der Waals surface area contributed by atoms with Gasteiger partial charge in [-0.2, -0.15) is 0 Å². The van der Waals surface area contributed by atoms with E-state index >= 15 is 0 Å². The van der Waals surface area contributed by atoms with Crippen molar-refractivity contribution in [1.29, 1.82) is 0 Å². The third kappa shape index (κ3) is 4.44. The first-order valence-electron chi connectivity index (χ1n) is 12.1. The lowest BCUT2D eigenvalue weighted by molar-refractivity contribution is -0.119. The summed E-state index contributed by atoms with van der Waals surface area (Å²) in [7, 11) is 0. The number of amides is 2. The van der Waals surface area contributed by atoms with Crippen LogP contribution in [0.15, 0.2) is 78.9 Å². The van der Waals surface area contributed by atoms with E-state index in [-0.39, 0.29) is 30.3 Å². The molecule has 0 aliphatic carbocycles. The summed E-state index contributed by atoms with van der Waals surface area (Å²) in [5, 5.41) is 0. The maximum Gasteiger partial charge on any atom is 0.247 e. The van der Waals surface area contributed by atoms with Gasteiger partial charge in [-0.1, -0.05) is 48.0 Å². The lowest BCUT2D eigenvalue weighted by Crippen LogP contribution is -2.39. The number of carbonyl (C=O) groups is 2. The van der Waals surface area contributed by atoms with Gasteiger partial charge < -0.3 is 14.4 Å². The third-order valence-corrected chi connectivity index (χ3v) is 6.63. The molecule has 1 aliphatic rings. The van der Waals surface area contributed by atoms with Crippen molar-refractivity contribution >= 4 is 34.2 Å². The Morgan fingerprint density at radius 2 is 1.69 bits per heavy atom. The number of imidazole rings is 1. The quantitative estimate of drug-likeness (QED) is 0.387. The van der Waals surface area contributed by atoms with Crippen LogP contribution in [0.3, 0.4) is 0 Å². The molecular weight excluding hydrogens is 436 g/mol. The highest BCUT2D eigenvalue weighted by molar-refractivity contribution is 5.97. The first kappa shape index (κ1) is 22.8. The van der Waals surface area contributed by atoms with E-state index in [9.17, 15) is 9.59 Å². The molecule has 35 heavy (non-hydrogen) atoms. The van der Waals surface area contributed by atoms with Crippen LogP contribution in [0.4, 0.5) is 11.4 Å². The van der Waals surface area contributed by atoms with E-state index in [1.54, 1.807) is 0 Å². The van der Waals surface area contributed by atoms with Gasteiger partial charge >= 0.3 is 0 Å². The lowest BCUT2D eigenvalue weighted by atomic mass is 10.1. The number of nitrogens with zero attached hydrogens (tertiary/aromatic N) is 4. The number of benzene rings is 3. The van der Waals surface area contributed by atoms with Crippen molar-refractivity contribution in [3.63, 3.8) is 0 Å². The van der Waals surface area contributed by atoms with Crippen LogP contribution in [-0.4, -0.2) is 34.0 Å². The zero-order valence-electron chi connectivity index (χ0n) is 20.4. The molecule has 2 heterocycles. The number of anilines is 2. The van der Waals surface area contributed by atoms with Crippen LogP contribution < -0.4 is 9.80 Å². The average Bonchev–Trinajstić information content (AvgIpc) is 3.41. The number of hydrogen-bond donors (Lipinski definition) is 0. The Morgan fingerprint density at radius 3 is 2.40 bits per heavy atom. The molecule has 1 aromatic heterocycles. The molecule has 1 aliphatic heterocycles. The maximum absolute atomic E-state index is 13.6. The van der Waals surface area contributed by atoms with Crippen molar-refractivity contribution in [2.45, 2.75) is 45.7 Å². The molecule has 0 spiro atoms. The predicted octanol–water partition coefficient (Wildman–Crippen LogP) is 5.31. The Balaban J connectivity index is 1.49. The smallest absolute Gasteiger partial charge is 0.247 e. The van der Waals surface area contributed by atoms with E-state index in [0.29, 0.717) is 13.0 Å². The SMILES string of the molecule is Cc1ccc(N2CC(c3nc4ccccc4n3CC(=O)N(c3ccccc3)C(C)C)CC2=O)cc1. The monoisotopic (exact) mass is 466 g/mol. The highest BCUT2D eigenvalue weighted by Crippen LogP contribution is 2.33. The zero-order chi connectivity index (χ0) is 24.5. The van der Waals surface area contributed by atoms with Gasteiger partial charge in [-0.15, -0.1) is 0 Å². The number of aryl methyl sites for hydroxylation is 1. The summed E-state index contributed by atoms with van der Waals surface area (Å²) >= 11 is 0. The molecule has 0 N–H and O–H groups in total. The predicted molar refractivity (Wildman–Crippen MR) is 140 cm³/mol. The first-order chi connectivity index (χ1) is 16.9. The van der Waals surface area contributed by atoms with Crippen LogP contribution in [0.25, 0.3) is 11.0 Å². The minimum atomic E-state index is -0.0896. The molecular formula is C29H30N4O2. The fourth-order valence-electron chi connectivity index (χ4n) is 4.96. The molecule has 5 rings (SSSR count). The fraction of sp³-hybridized carbons (Fsp3) is 0.276. The van der Waals surface area contributed by atoms with Gasteiger partial charge in [0.15, 0.2) is 0 Å². The van der Waals surface area contributed by atoms with Crippen molar-refractivity contribution in [2.75, 3.05) is 16.3 Å². The van der Waals surface area contributed by atoms with Crippen LogP contribution in [0.1, 0.15) is 37.6 Å². The van der Waals surface area contributed by atoms with Crippen LogP contribution in [0.5, 0.6) is 0 Å². The Morgan fingerprint density at radius 1 is 1.00 bits per heavy atom. The number of para-hydroxylation sites is 3. The highest BCUT2D eigenvalue weighted by Gasteiger charge is 2.35. The van der Waals surface area contributed by atoms with Crippen LogP contribution in [0.2, 0.25) is 0 Å². The standard InChI is InChI=1S/C29H30N4O2/c1-20(2)33(24-9-5-4-6-10-24)28(35)19-32-26-12-8-7-11-25(26)30-29(32)22-17-27(34)31(18-22)23-15-13-21(3)14-16-23/h4-16,20,22H,17-19H2,1-3H3. The van der Waals surface area contributed by atoms with Crippen molar-refractivity contribution < 1.29 is 9.59 Å². The molecule has 0 bridgehead atoms. The van der Waals surface area contributed by atoms with E-state index in [1.807, 2.05) is 114 Å². The minimum Gasteiger partial charge on any atom is -0.318 e. The molecule has 6 nitrogen and oxygen atoms in total. The second-order valence-electron chi connectivity index (χ2n) is 9.48. The van der Waals surface area contributed by atoms with Gasteiger partial charge in [0.05, 0.1) is 11.0 Å². The summed E-state index contributed by atoms with van der Waals surface area (Å²) in [5.41, 5.74) is 4.68. The van der Waals surface area contributed by atoms with Crippen LogP contribution in [-0.2, 0) is 16.1 Å². The molecule has 3 aromatic carbocycles. The Bertz CT molecular complexity index is 1360. The summed E-state index contributed by atoms with van der Waals surface area (Å²) < 4.78 is 2.01. The zero-order valence-corrected chi connectivity index (χ0v) is 20.4. The Kier molecular flexibility index (Phi) is 6.12. The molecule has 1 atom stereocenters. The van der Waals surface area contributed by atoms with Crippen molar-refractivity contribution in [2.24, 2.45) is 0 Å². The van der Waals surface area contributed by atoms with Gasteiger partial charge in [0.25, 0.3) is 0 Å². The van der Waals surface area contributed by atoms with Gasteiger partial charge in [-0.3, -0.25) is 9.59 Å². The van der Waals surface area contributed by atoms with Crippen molar-refractivity contribution in [3.05, 3.63) is 90.3 Å². The summed E-state index contributed by atoms with van der Waals surface area (Å²) in [6, 6.07) is 25.7. The second-order valence-corrected chi connectivity index (χ2v) is 9.48. The number of rotatable bonds is 6. The Hall–Kier alpha value is -3.93. The second kappa shape index (κ2) is 9.37. The summed E-state index contributed by atoms with van der Waals surface area (Å²) in [5.74, 6) is 0.778. The summed E-state index contributed by atoms with van der Waals surface area (Å²) in [6.45, 7) is 6.79.